The summed E-state index contributed by atoms with van der Waals surface area (Å²) in [6.07, 6.45) is 0. The molecule has 0 radical (unpaired) electrons. The SMILES string of the molecule is c1ccc2c(c1)ccc1c3ccc(-c4ccc(-c5ccc6c(c5)sc5ccccc56)cc4)cc3ccc21. The van der Waals surface area contributed by atoms with Crippen molar-refractivity contribution in [2.45, 2.75) is 0 Å². The van der Waals surface area contributed by atoms with E-state index in [9.17, 15) is 0 Å². The van der Waals surface area contributed by atoms with Crippen LogP contribution in [0.1, 0.15) is 0 Å². The summed E-state index contributed by atoms with van der Waals surface area (Å²) in [6.45, 7) is 0. The minimum absolute atomic E-state index is 1.24. The van der Waals surface area contributed by atoms with E-state index in [2.05, 4.69) is 133 Å². The first-order valence-electron chi connectivity index (χ1n) is 12.7. The third-order valence-corrected chi connectivity index (χ3v) is 8.81. The summed E-state index contributed by atoms with van der Waals surface area (Å²) >= 11 is 1.87. The monoisotopic (exact) mass is 486 g/mol. The fourth-order valence-electron chi connectivity index (χ4n) is 5.77. The minimum atomic E-state index is 1.24. The Morgan fingerprint density at radius 2 is 0.811 bits per heavy atom. The van der Waals surface area contributed by atoms with Gasteiger partial charge in [0, 0.05) is 20.2 Å². The Kier molecular flexibility index (Phi) is 4.49. The summed E-state index contributed by atoms with van der Waals surface area (Å²) in [5.74, 6) is 0. The van der Waals surface area contributed by atoms with Crippen molar-refractivity contribution in [1.29, 1.82) is 0 Å². The maximum Gasteiger partial charge on any atom is 0.0361 e. The molecule has 0 nitrogen and oxygen atoms in total. The van der Waals surface area contributed by atoms with E-state index in [-0.39, 0.29) is 0 Å². The molecule has 1 heteroatoms. The maximum absolute atomic E-state index is 2.33. The zero-order valence-electron chi connectivity index (χ0n) is 20.1. The van der Waals surface area contributed by atoms with Crippen LogP contribution in [-0.2, 0) is 0 Å². The van der Waals surface area contributed by atoms with E-state index >= 15 is 0 Å². The molecule has 0 fully saturated rings. The molecule has 0 saturated heterocycles. The van der Waals surface area contributed by atoms with Crippen molar-refractivity contribution < 1.29 is 0 Å². The van der Waals surface area contributed by atoms with Gasteiger partial charge in [-0.15, -0.1) is 11.3 Å². The van der Waals surface area contributed by atoms with Crippen molar-refractivity contribution in [3.63, 3.8) is 0 Å². The molecule has 0 saturated carbocycles. The molecule has 0 N–H and O–H groups in total. The first-order chi connectivity index (χ1) is 18.3. The molecule has 0 aliphatic rings. The van der Waals surface area contributed by atoms with Crippen LogP contribution in [0.4, 0.5) is 0 Å². The standard InChI is InChI=1S/C36H22S/c1-2-6-29-25(5-1)13-18-32-30-17-14-26(21-28(30)16-19-31(29)32)23-9-11-24(12-10-23)27-15-20-34-33-7-3-4-8-35(33)37-36(34)22-27/h1-22H. The molecule has 0 aliphatic carbocycles. The lowest BCUT2D eigenvalue weighted by molar-refractivity contribution is 1.62. The molecule has 1 aromatic heterocycles. The number of benzene rings is 7. The van der Waals surface area contributed by atoms with Crippen molar-refractivity contribution in [2.75, 3.05) is 0 Å². The molecule has 0 unspecified atom stereocenters. The van der Waals surface area contributed by atoms with Crippen LogP contribution in [0.15, 0.2) is 133 Å². The van der Waals surface area contributed by atoms with Crippen molar-refractivity contribution in [3.8, 4) is 22.3 Å². The van der Waals surface area contributed by atoms with Crippen LogP contribution in [-0.4, -0.2) is 0 Å². The Hall–Kier alpha value is -4.46. The first-order valence-corrected chi connectivity index (χ1v) is 13.5. The molecule has 0 aliphatic heterocycles. The second kappa shape index (κ2) is 8.03. The largest absolute Gasteiger partial charge is 0.135 e. The Morgan fingerprint density at radius 1 is 0.297 bits per heavy atom. The normalized spacial score (nSPS) is 11.8. The van der Waals surface area contributed by atoms with Gasteiger partial charge in [0.15, 0.2) is 0 Å². The lowest BCUT2D eigenvalue weighted by Gasteiger charge is -2.10. The average Bonchev–Trinajstić information content (AvgIpc) is 3.34. The van der Waals surface area contributed by atoms with Gasteiger partial charge in [-0.3, -0.25) is 0 Å². The smallest absolute Gasteiger partial charge is 0.0361 e. The number of hydrogen-bond donors (Lipinski definition) is 0. The van der Waals surface area contributed by atoms with Gasteiger partial charge in [0.1, 0.15) is 0 Å². The zero-order valence-corrected chi connectivity index (χ0v) is 20.9. The predicted octanol–water partition coefficient (Wildman–Crippen LogP) is 10.8. The van der Waals surface area contributed by atoms with E-state index in [0.29, 0.717) is 0 Å². The van der Waals surface area contributed by atoms with E-state index in [4.69, 9.17) is 0 Å². The van der Waals surface area contributed by atoms with Gasteiger partial charge < -0.3 is 0 Å². The van der Waals surface area contributed by atoms with Gasteiger partial charge in [-0.2, -0.15) is 0 Å². The van der Waals surface area contributed by atoms with Gasteiger partial charge in [-0.05, 0) is 72.8 Å². The molecule has 1 heterocycles. The Morgan fingerprint density at radius 3 is 1.59 bits per heavy atom. The predicted molar refractivity (Wildman–Crippen MR) is 163 cm³/mol. The van der Waals surface area contributed by atoms with Crippen molar-refractivity contribution in [1.82, 2.24) is 0 Å². The molecule has 0 spiro atoms. The highest BCUT2D eigenvalue weighted by Crippen LogP contribution is 2.37. The lowest BCUT2D eigenvalue weighted by atomic mass is 9.94. The Bertz CT molecular complexity index is 2130. The summed E-state index contributed by atoms with van der Waals surface area (Å²) in [5.41, 5.74) is 5.01. The average molecular weight is 487 g/mol. The second-order valence-electron chi connectivity index (χ2n) is 9.77. The molecular weight excluding hydrogens is 464 g/mol. The Labute approximate surface area is 219 Å². The molecule has 0 atom stereocenters. The van der Waals surface area contributed by atoms with Gasteiger partial charge in [0.2, 0.25) is 0 Å². The van der Waals surface area contributed by atoms with E-state index < -0.39 is 0 Å². The molecule has 172 valence electrons. The third kappa shape index (κ3) is 3.28. The lowest BCUT2D eigenvalue weighted by Crippen LogP contribution is -1.83. The number of hydrogen-bond acceptors (Lipinski definition) is 1. The highest BCUT2D eigenvalue weighted by atomic mass is 32.1. The zero-order chi connectivity index (χ0) is 24.3. The molecule has 0 bridgehead atoms. The van der Waals surface area contributed by atoms with Crippen molar-refractivity contribution >= 4 is 63.8 Å². The third-order valence-electron chi connectivity index (χ3n) is 7.67. The van der Waals surface area contributed by atoms with Crippen LogP contribution in [0.3, 0.4) is 0 Å². The van der Waals surface area contributed by atoms with E-state index in [1.807, 2.05) is 11.3 Å². The summed E-state index contributed by atoms with van der Waals surface area (Å²) in [5, 5.41) is 10.5. The quantitative estimate of drug-likeness (QED) is 0.213. The first kappa shape index (κ1) is 20.7. The number of rotatable bonds is 2. The summed E-state index contributed by atoms with van der Waals surface area (Å²) < 4.78 is 2.69. The molecular formula is C36H22S. The second-order valence-corrected chi connectivity index (χ2v) is 10.9. The van der Waals surface area contributed by atoms with Gasteiger partial charge in [-0.25, -0.2) is 0 Å². The van der Waals surface area contributed by atoms with Crippen LogP contribution in [0, 0.1) is 0 Å². The van der Waals surface area contributed by atoms with Crippen LogP contribution >= 0.6 is 11.3 Å². The van der Waals surface area contributed by atoms with Crippen LogP contribution in [0.5, 0.6) is 0 Å². The molecule has 8 aromatic rings. The minimum Gasteiger partial charge on any atom is -0.135 e. The summed E-state index contributed by atoms with van der Waals surface area (Å²) in [4.78, 5) is 0. The van der Waals surface area contributed by atoms with Crippen LogP contribution in [0.25, 0.3) is 74.7 Å². The van der Waals surface area contributed by atoms with Crippen LogP contribution in [0.2, 0.25) is 0 Å². The highest BCUT2D eigenvalue weighted by molar-refractivity contribution is 7.25. The number of fused-ring (bicyclic) bond motifs is 8. The van der Waals surface area contributed by atoms with Crippen molar-refractivity contribution in [2.24, 2.45) is 0 Å². The van der Waals surface area contributed by atoms with Gasteiger partial charge in [0.25, 0.3) is 0 Å². The molecule has 7 aromatic carbocycles. The summed E-state index contributed by atoms with van der Waals surface area (Å²) in [7, 11) is 0. The van der Waals surface area contributed by atoms with Gasteiger partial charge >= 0.3 is 0 Å². The van der Waals surface area contributed by atoms with Gasteiger partial charge in [-0.1, -0.05) is 115 Å². The molecule has 0 amide bonds. The van der Waals surface area contributed by atoms with E-state index in [1.165, 1.54) is 74.7 Å². The highest BCUT2D eigenvalue weighted by Gasteiger charge is 2.09. The van der Waals surface area contributed by atoms with Gasteiger partial charge in [0.05, 0.1) is 0 Å². The number of thiophene rings is 1. The van der Waals surface area contributed by atoms with Crippen molar-refractivity contribution in [3.05, 3.63) is 133 Å². The fraction of sp³-hybridized carbons (Fsp3) is 0. The Balaban J connectivity index is 1.17. The molecule has 37 heavy (non-hydrogen) atoms. The topological polar surface area (TPSA) is 0 Å². The maximum atomic E-state index is 2.33. The van der Waals surface area contributed by atoms with Crippen LogP contribution < -0.4 is 0 Å². The molecule has 8 rings (SSSR count). The van der Waals surface area contributed by atoms with E-state index in [1.54, 1.807) is 0 Å². The summed E-state index contributed by atoms with van der Waals surface area (Å²) in [6, 6.07) is 49.1. The fourth-order valence-corrected chi connectivity index (χ4v) is 6.91. The van der Waals surface area contributed by atoms with E-state index in [0.717, 1.165) is 0 Å².